The summed E-state index contributed by atoms with van der Waals surface area (Å²) < 4.78 is 1.21. The maximum absolute atomic E-state index is 3.64. The Morgan fingerprint density at radius 3 is 2.80 bits per heavy atom. The molecule has 1 aliphatic heterocycles. The van der Waals surface area contributed by atoms with Gasteiger partial charge in [-0.25, -0.2) is 0 Å². The number of hydrogen-bond donors (Lipinski definition) is 1. The molecule has 1 unspecified atom stereocenters. The quantitative estimate of drug-likeness (QED) is 0.746. The number of fused-ring (bicyclic) bond motifs is 2. The highest BCUT2D eigenvalue weighted by Gasteiger charge is 2.46. The second-order valence-corrected chi connectivity index (χ2v) is 5.83. The molecule has 1 spiro atoms. The lowest BCUT2D eigenvalue weighted by Crippen LogP contribution is -2.33. The van der Waals surface area contributed by atoms with Gasteiger partial charge in [0.05, 0.1) is 0 Å². The predicted octanol–water partition coefficient (Wildman–Crippen LogP) is 4.07. The molecule has 1 aliphatic carbocycles. The van der Waals surface area contributed by atoms with Gasteiger partial charge >= 0.3 is 0 Å². The van der Waals surface area contributed by atoms with Crippen molar-refractivity contribution < 1.29 is 0 Å². The zero-order valence-corrected chi connectivity index (χ0v) is 10.6. The Hall–Kier alpha value is -0.500. The van der Waals surface area contributed by atoms with Crippen LogP contribution in [-0.2, 0) is 5.41 Å². The van der Waals surface area contributed by atoms with Crippen molar-refractivity contribution in [3.63, 3.8) is 0 Å². The van der Waals surface area contributed by atoms with Gasteiger partial charge in [-0.2, -0.15) is 0 Å². The van der Waals surface area contributed by atoms with Crippen LogP contribution in [0, 0.1) is 0 Å². The van der Waals surface area contributed by atoms with Crippen molar-refractivity contribution >= 4 is 21.6 Å². The van der Waals surface area contributed by atoms with Gasteiger partial charge < -0.3 is 5.32 Å². The van der Waals surface area contributed by atoms with E-state index >= 15 is 0 Å². The van der Waals surface area contributed by atoms with E-state index in [1.165, 1.54) is 35.8 Å². The van der Waals surface area contributed by atoms with Crippen molar-refractivity contribution in [2.24, 2.45) is 0 Å². The molecule has 1 atom stereocenters. The summed E-state index contributed by atoms with van der Waals surface area (Å²) in [7, 11) is 0. The number of halogens is 1. The first-order chi connectivity index (χ1) is 7.22. The molecule has 80 valence electrons. The van der Waals surface area contributed by atoms with E-state index in [4.69, 9.17) is 0 Å². The third kappa shape index (κ3) is 1.27. The van der Waals surface area contributed by atoms with Crippen molar-refractivity contribution in [1.82, 2.24) is 0 Å². The second kappa shape index (κ2) is 3.24. The fourth-order valence-corrected chi connectivity index (χ4v) is 3.73. The maximum atomic E-state index is 3.64. The number of nitrogens with one attached hydrogen (secondary N) is 1. The van der Waals surface area contributed by atoms with Crippen LogP contribution in [0.15, 0.2) is 22.7 Å². The minimum Gasteiger partial charge on any atom is -0.381 e. The maximum Gasteiger partial charge on any atom is 0.0382 e. The molecule has 0 bridgehead atoms. The van der Waals surface area contributed by atoms with Crippen LogP contribution in [0.3, 0.4) is 0 Å². The number of hydrogen-bond acceptors (Lipinski definition) is 1. The van der Waals surface area contributed by atoms with Gasteiger partial charge in [-0.05, 0) is 43.5 Å². The van der Waals surface area contributed by atoms with Gasteiger partial charge in [0.15, 0.2) is 0 Å². The highest BCUT2D eigenvalue weighted by Crippen LogP contribution is 2.51. The molecule has 1 saturated carbocycles. The zero-order chi connectivity index (χ0) is 10.5. The van der Waals surface area contributed by atoms with Gasteiger partial charge in [0.25, 0.3) is 0 Å². The van der Waals surface area contributed by atoms with Crippen molar-refractivity contribution in [1.29, 1.82) is 0 Å². The molecular weight excluding hydrogens is 250 g/mol. The summed E-state index contributed by atoms with van der Waals surface area (Å²) >= 11 is 3.59. The Labute approximate surface area is 99.4 Å². The van der Waals surface area contributed by atoms with Crippen molar-refractivity contribution in [2.75, 3.05) is 5.32 Å². The van der Waals surface area contributed by atoms with Crippen LogP contribution in [-0.4, -0.2) is 6.04 Å². The molecule has 1 N–H and O–H groups in total. The van der Waals surface area contributed by atoms with E-state index in [0.29, 0.717) is 11.5 Å². The molecule has 1 aromatic rings. The SMILES string of the molecule is CC1Nc2ccc(Br)cc2C12CCCC2. The van der Waals surface area contributed by atoms with Gasteiger partial charge in [-0.1, -0.05) is 28.8 Å². The molecule has 2 heteroatoms. The normalized spacial score (nSPS) is 26.7. The van der Waals surface area contributed by atoms with E-state index < -0.39 is 0 Å². The van der Waals surface area contributed by atoms with Crippen LogP contribution in [0.2, 0.25) is 0 Å². The summed E-state index contributed by atoms with van der Waals surface area (Å²) in [5.41, 5.74) is 3.33. The Bertz CT molecular complexity index is 394. The van der Waals surface area contributed by atoms with E-state index in [2.05, 4.69) is 46.4 Å². The fourth-order valence-electron chi connectivity index (χ4n) is 3.37. The average molecular weight is 266 g/mol. The monoisotopic (exact) mass is 265 g/mol. The molecule has 15 heavy (non-hydrogen) atoms. The molecule has 1 nitrogen and oxygen atoms in total. The van der Waals surface area contributed by atoms with Crippen LogP contribution in [0.5, 0.6) is 0 Å². The Morgan fingerprint density at radius 2 is 2.07 bits per heavy atom. The lowest BCUT2D eigenvalue weighted by atomic mass is 9.76. The summed E-state index contributed by atoms with van der Waals surface area (Å²) in [4.78, 5) is 0. The minimum atomic E-state index is 0.430. The molecular formula is C13H16BrN. The van der Waals surface area contributed by atoms with Crippen LogP contribution < -0.4 is 5.32 Å². The topological polar surface area (TPSA) is 12.0 Å². The fraction of sp³-hybridized carbons (Fsp3) is 0.538. The van der Waals surface area contributed by atoms with Crippen LogP contribution in [0.1, 0.15) is 38.2 Å². The summed E-state index contributed by atoms with van der Waals surface area (Å²) in [6.45, 7) is 2.33. The molecule has 0 radical (unpaired) electrons. The molecule has 2 aliphatic rings. The third-order valence-corrected chi connectivity index (χ3v) is 4.71. The second-order valence-electron chi connectivity index (χ2n) is 4.92. The van der Waals surface area contributed by atoms with E-state index in [1.807, 2.05) is 0 Å². The molecule has 1 aromatic carbocycles. The molecule has 1 heterocycles. The van der Waals surface area contributed by atoms with Crippen molar-refractivity contribution in [3.05, 3.63) is 28.2 Å². The van der Waals surface area contributed by atoms with Crippen molar-refractivity contribution in [3.8, 4) is 0 Å². The summed E-state index contributed by atoms with van der Waals surface area (Å²) in [6.07, 6.45) is 5.48. The largest absolute Gasteiger partial charge is 0.381 e. The first kappa shape index (κ1) is 9.71. The van der Waals surface area contributed by atoms with Crippen LogP contribution >= 0.6 is 15.9 Å². The molecule has 0 saturated heterocycles. The van der Waals surface area contributed by atoms with Crippen molar-refractivity contribution in [2.45, 2.75) is 44.1 Å². The average Bonchev–Trinajstić information content (AvgIpc) is 2.78. The lowest BCUT2D eigenvalue weighted by molar-refractivity contribution is 0.411. The lowest BCUT2D eigenvalue weighted by Gasteiger charge is -2.29. The third-order valence-electron chi connectivity index (χ3n) is 4.21. The van der Waals surface area contributed by atoms with Gasteiger partial charge in [0.2, 0.25) is 0 Å². The summed E-state index contributed by atoms with van der Waals surface area (Å²) in [5.74, 6) is 0. The number of benzene rings is 1. The van der Waals surface area contributed by atoms with E-state index in [9.17, 15) is 0 Å². The highest BCUT2D eigenvalue weighted by molar-refractivity contribution is 9.10. The van der Waals surface area contributed by atoms with Gasteiger partial charge in [-0.3, -0.25) is 0 Å². The zero-order valence-electron chi connectivity index (χ0n) is 9.02. The van der Waals surface area contributed by atoms with E-state index in [1.54, 1.807) is 5.56 Å². The number of anilines is 1. The Kier molecular flexibility index (Phi) is 2.10. The van der Waals surface area contributed by atoms with Gasteiger partial charge in [-0.15, -0.1) is 0 Å². The van der Waals surface area contributed by atoms with Gasteiger partial charge in [0.1, 0.15) is 0 Å². The molecule has 1 fully saturated rings. The van der Waals surface area contributed by atoms with Gasteiger partial charge in [0, 0.05) is 21.6 Å². The Balaban J connectivity index is 2.15. The predicted molar refractivity (Wildman–Crippen MR) is 67.4 cm³/mol. The molecule has 0 amide bonds. The van der Waals surface area contributed by atoms with Crippen LogP contribution in [0.25, 0.3) is 0 Å². The number of rotatable bonds is 0. The minimum absolute atomic E-state index is 0.430. The van der Waals surface area contributed by atoms with Crippen LogP contribution in [0.4, 0.5) is 5.69 Å². The first-order valence-corrected chi connectivity index (χ1v) is 6.58. The summed E-state index contributed by atoms with van der Waals surface area (Å²) in [6, 6.07) is 7.26. The highest BCUT2D eigenvalue weighted by atomic mass is 79.9. The Morgan fingerprint density at radius 1 is 1.33 bits per heavy atom. The first-order valence-electron chi connectivity index (χ1n) is 5.79. The smallest absolute Gasteiger partial charge is 0.0382 e. The molecule has 3 rings (SSSR count). The van der Waals surface area contributed by atoms with E-state index in [0.717, 1.165) is 0 Å². The van der Waals surface area contributed by atoms with E-state index in [-0.39, 0.29) is 0 Å². The summed E-state index contributed by atoms with van der Waals surface area (Å²) in [5, 5.41) is 3.64. The standard InChI is InChI=1S/C13H16BrN/c1-9-13(6-2-3-7-13)11-8-10(14)4-5-12(11)15-9/h4-5,8-9,15H,2-3,6-7H2,1H3. The molecule has 0 aromatic heterocycles.